The van der Waals surface area contributed by atoms with Gasteiger partial charge in [0.1, 0.15) is 10.7 Å². The topological polar surface area (TPSA) is 64.0 Å². The van der Waals surface area contributed by atoms with Crippen molar-refractivity contribution in [2.45, 2.75) is 18.7 Å². The Morgan fingerprint density at radius 3 is 2.50 bits per heavy atom. The maximum atomic E-state index is 13.7. The first kappa shape index (κ1) is 14.8. The molecule has 0 atom stereocenters. The molecule has 1 aromatic heterocycles. The fourth-order valence-electron chi connectivity index (χ4n) is 1.91. The molecule has 0 spiro atoms. The van der Waals surface area contributed by atoms with E-state index >= 15 is 0 Å². The van der Waals surface area contributed by atoms with E-state index in [0.29, 0.717) is 11.4 Å². The van der Waals surface area contributed by atoms with Gasteiger partial charge in [0.25, 0.3) is 10.0 Å². The lowest BCUT2D eigenvalue weighted by molar-refractivity contribution is 0.597. The van der Waals surface area contributed by atoms with Crippen LogP contribution < -0.4 is 4.72 Å². The van der Waals surface area contributed by atoms with E-state index in [4.69, 9.17) is 11.6 Å². The number of rotatable bonds is 3. The van der Waals surface area contributed by atoms with Gasteiger partial charge >= 0.3 is 0 Å². The van der Waals surface area contributed by atoms with Crippen molar-refractivity contribution in [2.24, 2.45) is 7.05 Å². The summed E-state index contributed by atoms with van der Waals surface area (Å²) in [5.74, 6) is -0.736. The molecule has 0 amide bonds. The number of anilines is 1. The SMILES string of the molecule is Cc1nn(C)c(C)c1S(=O)(=O)Nc1ccc(Cl)cc1F. The Balaban J connectivity index is 2.46. The Morgan fingerprint density at radius 1 is 1.35 bits per heavy atom. The van der Waals surface area contributed by atoms with E-state index in [1.165, 1.54) is 16.8 Å². The molecule has 0 saturated heterocycles. The van der Waals surface area contributed by atoms with E-state index in [2.05, 4.69) is 9.82 Å². The fraction of sp³-hybridized carbons (Fsp3) is 0.250. The predicted octanol–water partition coefficient (Wildman–Crippen LogP) is 2.63. The second-order valence-electron chi connectivity index (χ2n) is 4.35. The molecule has 5 nitrogen and oxygen atoms in total. The minimum absolute atomic E-state index is 0.0503. The van der Waals surface area contributed by atoms with Gasteiger partial charge in [-0.15, -0.1) is 0 Å². The molecule has 2 aromatic rings. The summed E-state index contributed by atoms with van der Waals surface area (Å²) in [4.78, 5) is 0.0503. The van der Waals surface area contributed by atoms with Crippen molar-refractivity contribution in [2.75, 3.05) is 4.72 Å². The van der Waals surface area contributed by atoms with E-state index < -0.39 is 15.8 Å². The normalized spacial score (nSPS) is 11.7. The number of nitrogens with one attached hydrogen (secondary N) is 1. The van der Waals surface area contributed by atoms with Crippen LogP contribution in [-0.2, 0) is 17.1 Å². The zero-order valence-corrected chi connectivity index (χ0v) is 12.7. The van der Waals surface area contributed by atoms with Gasteiger partial charge in [-0.05, 0) is 32.0 Å². The average molecular weight is 318 g/mol. The lowest BCUT2D eigenvalue weighted by Crippen LogP contribution is -2.15. The quantitative estimate of drug-likeness (QED) is 0.946. The van der Waals surface area contributed by atoms with Crippen LogP contribution >= 0.6 is 11.6 Å². The average Bonchev–Trinajstić information content (AvgIpc) is 2.57. The Bertz CT molecular complexity index is 771. The maximum Gasteiger partial charge on any atom is 0.265 e. The van der Waals surface area contributed by atoms with Gasteiger partial charge in [-0.3, -0.25) is 9.40 Å². The summed E-state index contributed by atoms with van der Waals surface area (Å²) in [6.45, 7) is 3.21. The summed E-state index contributed by atoms with van der Waals surface area (Å²) in [6.07, 6.45) is 0. The van der Waals surface area contributed by atoms with Gasteiger partial charge in [-0.1, -0.05) is 11.6 Å². The van der Waals surface area contributed by atoms with Gasteiger partial charge in [0.05, 0.1) is 17.1 Å². The Kier molecular flexibility index (Phi) is 3.75. The van der Waals surface area contributed by atoms with Crippen molar-refractivity contribution in [1.82, 2.24) is 9.78 Å². The highest BCUT2D eigenvalue weighted by Gasteiger charge is 2.24. The van der Waals surface area contributed by atoms with Crippen molar-refractivity contribution in [1.29, 1.82) is 0 Å². The smallest absolute Gasteiger partial charge is 0.265 e. The molecular formula is C12H13ClFN3O2S. The van der Waals surface area contributed by atoms with Gasteiger partial charge < -0.3 is 0 Å². The zero-order chi connectivity index (χ0) is 15.1. The standard InChI is InChI=1S/C12H13ClFN3O2S/c1-7-12(8(2)17(3)15-7)20(18,19)16-11-5-4-9(13)6-10(11)14/h4-6,16H,1-3H3. The number of sulfonamides is 1. The van der Waals surface area contributed by atoms with Crippen molar-refractivity contribution >= 4 is 27.3 Å². The third-order valence-electron chi connectivity index (χ3n) is 2.89. The number of hydrogen-bond acceptors (Lipinski definition) is 3. The molecule has 0 aliphatic carbocycles. The molecule has 8 heteroatoms. The Hall–Kier alpha value is -1.60. The molecule has 0 saturated carbocycles. The number of benzene rings is 1. The summed E-state index contributed by atoms with van der Waals surface area (Å²) in [5.41, 5.74) is 0.674. The van der Waals surface area contributed by atoms with Crippen LogP contribution in [0.3, 0.4) is 0 Å². The maximum absolute atomic E-state index is 13.7. The van der Waals surface area contributed by atoms with Crippen LogP contribution in [0.2, 0.25) is 5.02 Å². The van der Waals surface area contributed by atoms with E-state index in [0.717, 1.165) is 6.07 Å². The molecule has 1 heterocycles. The van der Waals surface area contributed by atoms with Gasteiger partial charge in [-0.2, -0.15) is 5.10 Å². The van der Waals surface area contributed by atoms with Crippen LogP contribution in [0, 0.1) is 19.7 Å². The number of nitrogens with zero attached hydrogens (tertiary/aromatic N) is 2. The predicted molar refractivity (Wildman–Crippen MR) is 74.9 cm³/mol. The third-order valence-corrected chi connectivity index (χ3v) is 4.74. The van der Waals surface area contributed by atoms with E-state index in [9.17, 15) is 12.8 Å². The molecule has 1 N–H and O–H groups in total. The molecule has 0 fully saturated rings. The molecule has 1 aromatic carbocycles. The highest BCUT2D eigenvalue weighted by atomic mass is 35.5. The minimum Gasteiger partial charge on any atom is -0.277 e. The van der Waals surface area contributed by atoms with Crippen LogP contribution in [-0.4, -0.2) is 18.2 Å². The first-order valence-electron chi connectivity index (χ1n) is 5.70. The summed E-state index contributed by atoms with van der Waals surface area (Å²) < 4.78 is 42.0. The monoisotopic (exact) mass is 317 g/mol. The number of aromatic nitrogens is 2. The van der Waals surface area contributed by atoms with Crippen LogP contribution in [0.5, 0.6) is 0 Å². The van der Waals surface area contributed by atoms with E-state index in [1.54, 1.807) is 20.9 Å². The summed E-state index contributed by atoms with van der Waals surface area (Å²) in [5, 5.41) is 4.23. The highest BCUT2D eigenvalue weighted by Crippen LogP contribution is 2.25. The van der Waals surface area contributed by atoms with Gasteiger partial charge in [0, 0.05) is 12.1 Å². The second-order valence-corrected chi connectivity index (χ2v) is 6.41. The minimum atomic E-state index is -3.91. The molecule has 0 bridgehead atoms. The molecular weight excluding hydrogens is 305 g/mol. The van der Waals surface area contributed by atoms with E-state index in [-0.39, 0.29) is 15.6 Å². The molecule has 0 radical (unpaired) electrons. The number of aryl methyl sites for hydroxylation is 2. The third kappa shape index (κ3) is 2.64. The highest BCUT2D eigenvalue weighted by molar-refractivity contribution is 7.92. The lowest BCUT2D eigenvalue weighted by atomic mass is 10.3. The molecule has 0 unspecified atom stereocenters. The van der Waals surface area contributed by atoms with Crippen LogP contribution in [0.15, 0.2) is 23.1 Å². The van der Waals surface area contributed by atoms with Crippen LogP contribution in [0.4, 0.5) is 10.1 Å². The number of halogens is 2. The second kappa shape index (κ2) is 5.06. The van der Waals surface area contributed by atoms with Crippen molar-refractivity contribution in [3.63, 3.8) is 0 Å². The molecule has 108 valence electrons. The summed E-state index contributed by atoms with van der Waals surface area (Å²) in [6, 6.07) is 3.73. The lowest BCUT2D eigenvalue weighted by Gasteiger charge is -2.09. The van der Waals surface area contributed by atoms with Gasteiger partial charge in [0.15, 0.2) is 0 Å². The molecule has 0 aliphatic heterocycles. The molecule has 20 heavy (non-hydrogen) atoms. The Morgan fingerprint density at radius 2 is 2.00 bits per heavy atom. The summed E-state index contributed by atoms with van der Waals surface area (Å²) >= 11 is 5.63. The largest absolute Gasteiger partial charge is 0.277 e. The van der Waals surface area contributed by atoms with Crippen molar-refractivity contribution in [3.8, 4) is 0 Å². The zero-order valence-electron chi connectivity index (χ0n) is 11.1. The van der Waals surface area contributed by atoms with Crippen molar-refractivity contribution < 1.29 is 12.8 Å². The Labute approximate surface area is 121 Å². The molecule has 2 rings (SSSR count). The first-order chi connectivity index (χ1) is 9.22. The fourth-order valence-corrected chi connectivity index (χ4v) is 3.58. The van der Waals surface area contributed by atoms with Gasteiger partial charge in [-0.25, -0.2) is 12.8 Å². The van der Waals surface area contributed by atoms with E-state index in [1.807, 2.05) is 0 Å². The first-order valence-corrected chi connectivity index (χ1v) is 7.56. The van der Waals surface area contributed by atoms with Gasteiger partial charge in [0.2, 0.25) is 0 Å². The van der Waals surface area contributed by atoms with Crippen molar-refractivity contribution in [3.05, 3.63) is 40.4 Å². The van der Waals surface area contributed by atoms with Crippen LogP contribution in [0.1, 0.15) is 11.4 Å². The summed E-state index contributed by atoms with van der Waals surface area (Å²) in [7, 11) is -2.26. The number of hydrogen-bond donors (Lipinski definition) is 1. The van der Waals surface area contributed by atoms with Crippen LogP contribution in [0.25, 0.3) is 0 Å². The molecule has 0 aliphatic rings.